The van der Waals surface area contributed by atoms with Crippen LogP contribution in [0.3, 0.4) is 0 Å². The molecule has 0 saturated heterocycles. The largest absolute Gasteiger partial charge is 0.481 e. The van der Waals surface area contributed by atoms with Gasteiger partial charge >= 0.3 is 5.97 Å². The van der Waals surface area contributed by atoms with E-state index >= 15 is 0 Å². The van der Waals surface area contributed by atoms with Crippen molar-refractivity contribution in [2.75, 3.05) is 7.11 Å². The molecule has 3 aromatic rings. The molecule has 0 bridgehead atoms. The Bertz CT molecular complexity index is 1030. The van der Waals surface area contributed by atoms with E-state index in [0.29, 0.717) is 0 Å². The number of aromatic nitrogens is 2. The SMILES string of the molecule is CO[C@@H]1c2ncccc2-c2[nH]c3ccc(Br)cc3c2C1C(C)(C)C(=O)O. The van der Waals surface area contributed by atoms with Crippen LogP contribution < -0.4 is 0 Å². The van der Waals surface area contributed by atoms with E-state index in [0.717, 1.165) is 37.9 Å². The maximum atomic E-state index is 12.1. The maximum absolute atomic E-state index is 12.1. The fraction of sp³-hybridized carbons (Fsp3) is 0.300. The monoisotopic (exact) mass is 414 g/mol. The molecule has 0 radical (unpaired) electrons. The number of benzene rings is 1. The molecule has 0 saturated carbocycles. The highest BCUT2D eigenvalue weighted by Gasteiger charge is 2.49. The van der Waals surface area contributed by atoms with Crippen LogP contribution in [-0.2, 0) is 9.53 Å². The lowest BCUT2D eigenvalue weighted by atomic mass is 9.67. The number of nitrogens with zero attached hydrogens (tertiary/aromatic N) is 1. The Morgan fingerprint density at radius 2 is 2.12 bits per heavy atom. The van der Waals surface area contributed by atoms with E-state index in [1.165, 1.54) is 0 Å². The number of carboxylic acid groups (broad SMARTS) is 1. The highest BCUT2D eigenvalue weighted by molar-refractivity contribution is 9.10. The summed E-state index contributed by atoms with van der Waals surface area (Å²) in [5.74, 6) is -1.25. The number of H-pyrrole nitrogens is 1. The van der Waals surface area contributed by atoms with Gasteiger partial charge in [-0.15, -0.1) is 0 Å². The number of methoxy groups -OCH3 is 1. The zero-order chi connectivity index (χ0) is 18.6. The lowest BCUT2D eigenvalue weighted by molar-refractivity contribution is -0.150. The molecule has 0 aliphatic heterocycles. The van der Waals surface area contributed by atoms with E-state index in [-0.39, 0.29) is 5.92 Å². The molecule has 1 unspecified atom stereocenters. The number of carbonyl (C=O) groups is 1. The molecule has 134 valence electrons. The van der Waals surface area contributed by atoms with Crippen LogP contribution in [0.4, 0.5) is 0 Å². The van der Waals surface area contributed by atoms with Crippen molar-refractivity contribution in [2.45, 2.75) is 25.9 Å². The first-order chi connectivity index (χ1) is 12.4. The summed E-state index contributed by atoms with van der Waals surface area (Å²) in [6.07, 6.45) is 1.28. The summed E-state index contributed by atoms with van der Waals surface area (Å²) in [5.41, 5.74) is 3.56. The predicted octanol–water partition coefficient (Wildman–Crippen LogP) is 4.89. The highest BCUT2D eigenvalue weighted by Crippen LogP contribution is 2.55. The highest BCUT2D eigenvalue weighted by atomic mass is 79.9. The number of rotatable bonds is 3. The van der Waals surface area contributed by atoms with Crippen LogP contribution in [0, 0.1) is 5.41 Å². The fourth-order valence-electron chi connectivity index (χ4n) is 4.01. The number of pyridine rings is 1. The minimum Gasteiger partial charge on any atom is -0.481 e. The molecular formula is C20H19BrN2O3. The van der Waals surface area contributed by atoms with E-state index in [2.05, 4.69) is 25.9 Å². The van der Waals surface area contributed by atoms with Gasteiger partial charge in [-0.25, -0.2) is 0 Å². The van der Waals surface area contributed by atoms with Crippen molar-refractivity contribution < 1.29 is 14.6 Å². The average Bonchev–Trinajstić information content (AvgIpc) is 2.98. The molecule has 2 N–H and O–H groups in total. The summed E-state index contributed by atoms with van der Waals surface area (Å²) in [6, 6.07) is 9.89. The number of carboxylic acids is 1. The van der Waals surface area contributed by atoms with Crippen LogP contribution in [0.5, 0.6) is 0 Å². The molecule has 0 amide bonds. The number of nitrogens with one attached hydrogen (secondary N) is 1. The minimum absolute atomic E-state index is 0.384. The van der Waals surface area contributed by atoms with Gasteiger partial charge in [0.25, 0.3) is 0 Å². The molecule has 1 aliphatic carbocycles. The van der Waals surface area contributed by atoms with Gasteiger partial charge in [-0.1, -0.05) is 15.9 Å². The Morgan fingerprint density at radius 1 is 1.35 bits per heavy atom. The third kappa shape index (κ3) is 2.32. The first-order valence-electron chi connectivity index (χ1n) is 8.39. The first kappa shape index (κ1) is 17.2. The molecule has 0 fully saturated rings. The number of halogens is 1. The third-order valence-corrected chi connectivity index (χ3v) is 5.87. The first-order valence-corrected chi connectivity index (χ1v) is 9.18. The number of hydrogen-bond donors (Lipinski definition) is 2. The molecule has 26 heavy (non-hydrogen) atoms. The van der Waals surface area contributed by atoms with Crippen molar-refractivity contribution in [3.63, 3.8) is 0 Å². The van der Waals surface area contributed by atoms with Crippen molar-refractivity contribution >= 4 is 32.8 Å². The molecule has 4 rings (SSSR count). The standard InChI is InChI=1S/C20H19BrN2O3/c1-20(2,19(24)25)15-14-12-9-10(21)6-7-13(12)23-16(14)11-5-4-8-22-17(11)18(15)26-3/h4-9,15,18,23H,1-3H3,(H,24,25)/t15?,18-/m0/s1. The summed E-state index contributed by atoms with van der Waals surface area (Å²) in [5, 5.41) is 11.0. The van der Waals surface area contributed by atoms with Gasteiger partial charge in [-0.3, -0.25) is 9.78 Å². The van der Waals surface area contributed by atoms with Crippen molar-refractivity contribution in [1.29, 1.82) is 0 Å². The molecule has 6 heteroatoms. The second kappa shape index (κ2) is 5.93. The average molecular weight is 415 g/mol. The van der Waals surface area contributed by atoms with Gasteiger partial charge in [0.05, 0.1) is 16.8 Å². The van der Waals surface area contributed by atoms with E-state index in [9.17, 15) is 9.90 Å². The lowest BCUT2D eigenvalue weighted by Crippen LogP contribution is -2.37. The Morgan fingerprint density at radius 3 is 2.81 bits per heavy atom. The minimum atomic E-state index is -1.04. The van der Waals surface area contributed by atoms with Gasteiger partial charge in [0.15, 0.2) is 0 Å². The third-order valence-electron chi connectivity index (χ3n) is 5.37. The van der Waals surface area contributed by atoms with Gasteiger partial charge in [0, 0.05) is 40.2 Å². The van der Waals surface area contributed by atoms with Crippen molar-refractivity contribution in [3.05, 3.63) is 52.3 Å². The van der Waals surface area contributed by atoms with Crippen molar-refractivity contribution in [3.8, 4) is 11.3 Å². The summed E-state index contributed by atoms with van der Waals surface area (Å²) in [7, 11) is 1.61. The van der Waals surface area contributed by atoms with E-state index in [4.69, 9.17) is 4.74 Å². The normalized spacial score (nSPS) is 19.2. The second-order valence-corrected chi connectivity index (χ2v) is 8.12. The summed E-state index contributed by atoms with van der Waals surface area (Å²) in [6.45, 7) is 3.50. The van der Waals surface area contributed by atoms with Crippen LogP contribution in [0.1, 0.15) is 37.1 Å². The summed E-state index contributed by atoms with van der Waals surface area (Å²) >= 11 is 3.53. The second-order valence-electron chi connectivity index (χ2n) is 7.20. The van der Waals surface area contributed by atoms with E-state index in [1.807, 2.05) is 30.3 Å². The van der Waals surface area contributed by atoms with Crippen molar-refractivity contribution in [2.24, 2.45) is 5.41 Å². The van der Waals surface area contributed by atoms with Gasteiger partial charge < -0.3 is 14.8 Å². The van der Waals surface area contributed by atoms with Crippen LogP contribution in [0.25, 0.3) is 22.2 Å². The molecule has 1 aromatic carbocycles. The maximum Gasteiger partial charge on any atom is 0.309 e. The Balaban J connectivity index is 2.13. The van der Waals surface area contributed by atoms with Gasteiger partial charge in [-0.05, 0) is 49.7 Å². The van der Waals surface area contributed by atoms with Crippen LogP contribution in [-0.4, -0.2) is 28.2 Å². The lowest BCUT2D eigenvalue weighted by Gasteiger charge is -2.39. The zero-order valence-electron chi connectivity index (χ0n) is 14.7. The van der Waals surface area contributed by atoms with Gasteiger partial charge in [0.2, 0.25) is 0 Å². The Labute approximate surface area is 159 Å². The fourth-order valence-corrected chi connectivity index (χ4v) is 4.37. The Kier molecular flexibility index (Phi) is 3.93. The number of ether oxygens (including phenoxy) is 1. The number of fused-ring (bicyclic) bond motifs is 5. The topological polar surface area (TPSA) is 75.2 Å². The molecule has 1 aliphatic rings. The Hall–Kier alpha value is -2.18. The van der Waals surface area contributed by atoms with Crippen molar-refractivity contribution in [1.82, 2.24) is 9.97 Å². The summed E-state index contributed by atoms with van der Waals surface area (Å²) < 4.78 is 6.77. The zero-order valence-corrected chi connectivity index (χ0v) is 16.3. The molecule has 2 atom stereocenters. The molecule has 2 aromatic heterocycles. The molecule has 2 heterocycles. The van der Waals surface area contributed by atoms with Crippen LogP contribution in [0.2, 0.25) is 0 Å². The molecular weight excluding hydrogens is 396 g/mol. The molecule has 5 nitrogen and oxygen atoms in total. The summed E-state index contributed by atoms with van der Waals surface area (Å²) in [4.78, 5) is 20.1. The number of aromatic amines is 1. The quantitative estimate of drug-likeness (QED) is 0.639. The van der Waals surface area contributed by atoms with Gasteiger partial charge in [0.1, 0.15) is 6.10 Å². The number of aliphatic carboxylic acids is 1. The van der Waals surface area contributed by atoms with E-state index in [1.54, 1.807) is 27.2 Å². The molecule has 0 spiro atoms. The van der Waals surface area contributed by atoms with Crippen LogP contribution >= 0.6 is 15.9 Å². The predicted molar refractivity (Wildman–Crippen MR) is 103 cm³/mol. The smallest absolute Gasteiger partial charge is 0.309 e. The van der Waals surface area contributed by atoms with Crippen LogP contribution in [0.15, 0.2) is 41.0 Å². The van der Waals surface area contributed by atoms with E-state index < -0.39 is 17.5 Å². The van der Waals surface area contributed by atoms with Gasteiger partial charge in [-0.2, -0.15) is 0 Å². The number of hydrogen-bond acceptors (Lipinski definition) is 3.